The zero-order valence-electron chi connectivity index (χ0n) is 20.6. The second kappa shape index (κ2) is 9.51. The van der Waals surface area contributed by atoms with Crippen LogP contribution in [0.25, 0.3) is 0 Å². The van der Waals surface area contributed by atoms with E-state index in [1.807, 2.05) is 12.1 Å². The molecule has 0 spiro atoms. The summed E-state index contributed by atoms with van der Waals surface area (Å²) in [6.07, 6.45) is 2.78. The predicted octanol–water partition coefficient (Wildman–Crippen LogP) is 2.05. The summed E-state index contributed by atoms with van der Waals surface area (Å²) in [5.41, 5.74) is 1.42. The molecular formula is C26H33N4O4+. The van der Waals surface area contributed by atoms with Crippen LogP contribution in [0.5, 0.6) is 11.5 Å². The second-order valence-electron chi connectivity index (χ2n) is 10.00. The molecule has 1 fully saturated rings. The van der Waals surface area contributed by atoms with Gasteiger partial charge in [-0.25, -0.2) is 4.99 Å². The Hall–Kier alpha value is -3.31. The molecule has 1 atom stereocenters. The average Bonchev–Trinajstić information content (AvgIpc) is 2.81. The van der Waals surface area contributed by atoms with Crippen LogP contribution in [-0.2, 0) is 9.53 Å². The fourth-order valence-electron chi connectivity index (χ4n) is 4.86. The largest absolute Gasteiger partial charge is 0.493 e. The van der Waals surface area contributed by atoms with Crippen molar-refractivity contribution in [1.29, 1.82) is 5.26 Å². The topological polar surface area (TPSA) is 88.6 Å². The summed E-state index contributed by atoms with van der Waals surface area (Å²) in [5, 5.41) is 10.2. The lowest BCUT2D eigenvalue weighted by Crippen LogP contribution is -3.11. The van der Waals surface area contributed by atoms with Crippen molar-refractivity contribution in [2.75, 3.05) is 47.4 Å². The van der Waals surface area contributed by atoms with E-state index >= 15 is 0 Å². The first kappa shape index (κ1) is 23.8. The number of allylic oxidation sites excluding steroid dienone is 3. The quantitative estimate of drug-likeness (QED) is 0.529. The smallest absolute Gasteiger partial charge is 0.235 e. The Balaban J connectivity index is 1.80. The van der Waals surface area contributed by atoms with Crippen LogP contribution in [0.2, 0.25) is 0 Å². The first-order valence-corrected chi connectivity index (χ1v) is 11.7. The monoisotopic (exact) mass is 465 g/mol. The molecule has 1 aromatic carbocycles. The normalized spacial score (nSPS) is 23.0. The second-order valence-corrected chi connectivity index (χ2v) is 10.00. The molecule has 2 heterocycles. The van der Waals surface area contributed by atoms with Crippen LogP contribution in [0.15, 0.2) is 46.0 Å². The average molecular weight is 466 g/mol. The summed E-state index contributed by atoms with van der Waals surface area (Å²) in [5.74, 6) is 1.43. The molecule has 8 heteroatoms. The molecule has 2 aliphatic heterocycles. The number of aliphatic imine (C=N–C) groups is 1. The van der Waals surface area contributed by atoms with Crippen molar-refractivity contribution in [2.24, 2.45) is 10.4 Å². The Kier molecular flexibility index (Phi) is 6.67. The fraction of sp³-hybridized carbons (Fsp3) is 0.500. The van der Waals surface area contributed by atoms with Gasteiger partial charge in [-0.15, -0.1) is 0 Å². The summed E-state index contributed by atoms with van der Waals surface area (Å²) in [6, 6.07) is 7.79. The van der Waals surface area contributed by atoms with E-state index in [2.05, 4.69) is 36.9 Å². The standard InChI is InChI=1S/C26H32N4O4/c1-26(2)13-19(31)24-22(14-26)34-25(28-16-30-10-8-29(3)9-11-30)18(15-27)23(24)17-6-7-20(32-4)21(12-17)33-5/h6-7,12,16,23H,8-11,13-14H2,1-5H3/p+1/t23-/m1/s1. The van der Waals surface area contributed by atoms with Gasteiger partial charge in [0.1, 0.15) is 17.4 Å². The van der Waals surface area contributed by atoms with Crippen LogP contribution in [0, 0.1) is 16.7 Å². The third kappa shape index (κ3) is 4.66. The van der Waals surface area contributed by atoms with Crippen LogP contribution >= 0.6 is 0 Å². The van der Waals surface area contributed by atoms with Gasteiger partial charge in [0.2, 0.25) is 5.88 Å². The van der Waals surface area contributed by atoms with Gasteiger partial charge < -0.3 is 24.0 Å². The van der Waals surface area contributed by atoms with Crippen LogP contribution in [0.4, 0.5) is 0 Å². The van der Waals surface area contributed by atoms with E-state index in [1.54, 1.807) is 26.6 Å². The van der Waals surface area contributed by atoms with Crippen molar-refractivity contribution in [3.8, 4) is 17.6 Å². The van der Waals surface area contributed by atoms with Gasteiger partial charge in [0.15, 0.2) is 17.3 Å². The van der Waals surface area contributed by atoms with Gasteiger partial charge in [-0.05, 0) is 23.1 Å². The molecule has 0 bridgehead atoms. The number of carbonyl (C=O) groups is 1. The van der Waals surface area contributed by atoms with Gasteiger partial charge >= 0.3 is 0 Å². The molecule has 0 radical (unpaired) electrons. The fourth-order valence-corrected chi connectivity index (χ4v) is 4.86. The minimum atomic E-state index is -0.568. The third-order valence-electron chi connectivity index (χ3n) is 6.76. The summed E-state index contributed by atoms with van der Waals surface area (Å²) in [4.78, 5) is 21.6. The highest BCUT2D eigenvalue weighted by Crippen LogP contribution is 2.49. The first-order valence-electron chi connectivity index (χ1n) is 11.7. The third-order valence-corrected chi connectivity index (χ3v) is 6.76. The number of ketones is 1. The Morgan fingerprint density at radius 1 is 1.21 bits per heavy atom. The highest BCUT2D eigenvalue weighted by Gasteiger charge is 2.43. The van der Waals surface area contributed by atoms with Gasteiger partial charge in [0.25, 0.3) is 0 Å². The summed E-state index contributed by atoms with van der Waals surface area (Å²) in [6.45, 7) is 7.96. The number of rotatable bonds is 5. The van der Waals surface area contributed by atoms with Crippen molar-refractivity contribution in [2.45, 2.75) is 32.6 Å². The van der Waals surface area contributed by atoms with Gasteiger partial charge in [-0.2, -0.15) is 5.26 Å². The first-order chi connectivity index (χ1) is 16.3. The molecule has 0 unspecified atom stereocenters. The summed E-state index contributed by atoms with van der Waals surface area (Å²) < 4.78 is 17.1. The highest BCUT2D eigenvalue weighted by molar-refractivity contribution is 6.00. The van der Waals surface area contributed by atoms with Crippen molar-refractivity contribution in [1.82, 2.24) is 4.90 Å². The van der Waals surface area contributed by atoms with Gasteiger partial charge in [-0.3, -0.25) is 4.79 Å². The number of ether oxygens (including phenoxy) is 3. The molecule has 34 heavy (non-hydrogen) atoms. The molecule has 1 N–H and O–H groups in total. The molecule has 4 rings (SSSR count). The molecule has 0 aromatic heterocycles. The van der Waals surface area contributed by atoms with E-state index in [0.717, 1.165) is 31.7 Å². The molecule has 0 saturated carbocycles. The van der Waals surface area contributed by atoms with Crippen molar-refractivity contribution >= 4 is 12.1 Å². The van der Waals surface area contributed by atoms with Crippen molar-refractivity contribution < 1.29 is 23.9 Å². The molecule has 180 valence electrons. The molecule has 0 amide bonds. The van der Waals surface area contributed by atoms with Crippen LogP contribution in [0.3, 0.4) is 0 Å². The van der Waals surface area contributed by atoms with E-state index in [0.29, 0.717) is 41.2 Å². The number of nitrogens with zero attached hydrogens (tertiary/aromatic N) is 3. The number of Topliss-reactive ketones (excluding diaryl/α,β-unsaturated/α-hetero) is 1. The zero-order chi connectivity index (χ0) is 24.5. The van der Waals surface area contributed by atoms with Crippen LogP contribution in [0.1, 0.15) is 38.2 Å². The van der Waals surface area contributed by atoms with Crippen molar-refractivity contribution in [3.63, 3.8) is 0 Å². The number of likely N-dealkylation sites (N-methyl/N-ethyl adjacent to an activating group) is 1. The van der Waals surface area contributed by atoms with E-state index in [1.165, 1.54) is 4.90 Å². The van der Waals surface area contributed by atoms with E-state index in [-0.39, 0.29) is 17.1 Å². The Morgan fingerprint density at radius 3 is 2.56 bits per heavy atom. The number of benzene rings is 1. The minimum Gasteiger partial charge on any atom is -0.493 e. The highest BCUT2D eigenvalue weighted by atomic mass is 16.5. The summed E-state index contributed by atoms with van der Waals surface area (Å²) in [7, 11) is 5.32. The van der Waals surface area contributed by atoms with E-state index in [4.69, 9.17) is 14.2 Å². The molecule has 3 aliphatic rings. The zero-order valence-corrected chi connectivity index (χ0v) is 20.6. The van der Waals surface area contributed by atoms with Crippen molar-refractivity contribution in [3.05, 3.63) is 46.6 Å². The number of hydrogen-bond donors (Lipinski definition) is 1. The van der Waals surface area contributed by atoms with Crippen LogP contribution in [-0.4, -0.2) is 64.5 Å². The maximum atomic E-state index is 13.3. The van der Waals surface area contributed by atoms with E-state index < -0.39 is 5.92 Å². The molecule has 8 nitrogen and oxygen atoms in total. The van der Waals surface area contributed by atoms with Crippen LogP contribution < -0.4 is 14.4 Å². The van der Waals surface area contributed by atoms with Gasteiger partial charge in [0, 0.05) is 18.4 Å². The Labute approximate surface area is 201 Å². The van der Waals surface area contributed by atoms with Gasteiger partial charge in [0.05, 0.1) is 59.7 Å². The molecular weight excluding hydrogens is 432 g/mol. The SMILES string of the molecule is COc1ccc([C@@H]2C(C#N)=C(N=CN3CC[NH+](C)CC3)OC3=C2C(=O)CC(C)(C)C3)cc1OC. The minimum absolute atomic E-state index is 0.00357. The Bertz CT molecular complexity index is 1100. The van der Waals surface area contributed by atoms with E-state index in [9.17, 15) is 10.1 Å². The maximum Gasteiger partial charge on any atom is 0.235 e. The number of hydrogen-bond acceptors (Lipinski definition) is 6. The number of carbonyl (C=O) groups excluding carboxylic acids is 1. The lowest BCUT2D eigenvalue weighted by molar-refractivity contribution is -0.883. The number of nitrogens with one attached hydrogen (secondary N) is 1. The maximum absolute atomic E-state index is 13.3. The number of piperazine rings is 1. The lowest BCUT2D eigenvalue weighted by Gasteiger charge is -2.37. The molecule has 1 saturated heterocycles. The number of quaternary nitrogens is 1. The Morgan fingerprint density at radius 2 is 1.91 bits per heavy atom. The predicted molar refractivity (Wildman–Crippen MR) is 128 cm³/mol. The summed E-state index contributed by atoms with van der Waals surface area (Å²) >= 11 is 0. The molecule has 1 aromatic rings. The van der Waals surface area contributed by atoms with Gasteiger partial charge in [-0.1, -0.05) is 19.9 Å². The number of methoxy groups -OCH3 is 2. The lowest BCUT2D eigenvalue weighted by atomic mass is 9.70. The number of nitriles is 1. The molecule has 1 aliphatic carbocycles.